The van der Waals surface area contributed by atoms with Crippen LogP contribution in [0.25, 0.3) is 0 Å². The molecular formula is C4H6O5S. The standard InChI is InChI=1S/C4H6O5S/c1-2-3(4(5)6)10(7,8)9/h2H,1H3,(H,5,6)(H,7,8,9)/b3-2-. The van der Waals surface area contributed by atoms with Crippen molar-refractivity contribution in [2.45, 2.75) is 6.92 Å². The van der Waals surface area contributed by atoms with Crippen LogP contribution in [-0.4, -0.2) is 24.0 Å². The van der Waals surface area contributed by atoms with Gasteiger partial charge in [0.1, 0.15) is 0 Å². The molecule has 0 rings (SSSR count). The van der Waals surface area contributed by atoms with Gasteiger partial charge in [-0.15, -0.1) is 0 Å². The molecule has 0 unspecified atom stereocenters. The second-order valence-corrected chi connectivity index (χ2v) is 2.82. The molecule has 0 bridgehead atoms. The number of aliphatic carboxylic acids is 1. The van der Waals surface area contributed by atoms with Gasteiger partial charge in [0, 0.05) is 0 Å². The molecule has 0 fully saturated rings. The Hall–Kier alpha value is -0.880. The Morgan fingerprint density at radius 3 is 1.90 bits per heavy atom. The summed E-state index contributed by atoms with van der Waals surface area (Å²) in [6.07, 6.45) is 0.803. The summed E-state index contributed by atoms with van der Waals surface area (Å²) in [5, 5.41) is 8.10. The average molecular weight is 166 g/mol. The van der Waals surface area contributed by atoms with Crippen molar-refractivity contribution in [1.82, 2.24) is 0 Å². The summed E-state index contributed by atoms with van der Waals surface area (Å²) < 4.78 is 28.4. The lowest BCUT2D eigenvalue weighted by Gasteiger charge is -1.93. The Bertz CT molecular complexity index is 259. The van der Waals surface area contributed by atoms with Gasteiger partial charge < -0.3 is 5.11 Å². The van der Waals surface area contributed by atoms with E-state index in [0.717, 1.165) is 6.08 Å². The molecule has 0 atom stereocenters. The Labute approximate surface area is 57.7 Å². The number of hydrogen-bond donors (Lipinski definition) is 2. The van der Waals surface area contributed by atoms with E-state index in [4.69, 9.17) is 9.66 Å². The van der Waals surface area contributed by atoms with Crippen LogP contribution in [0.1, 0.15) is 6.92 Å². The first-order chi connectivity index (χ1) is 4.39. The number of allylic oxidation sites excluding steroid dienone is 1. The molecule has 0 aliphatic rings. The highest BCUT2D eigenvalue weighted by atomic mass is 32.2. The molecule has 58 valence electrons. The van der Waals surface area contributed by atoms with Crippen LogP contribution in [0.4, 0.5) is 0 Å². The molecule has 0 saturated carbocycles. The van der Waals surface area contributed by atoms with Crippen LogP contribution in [0.15, 0.2) is 11.0 Å². The van der Waals surface area contributed by atoms with Crippen molar-refractivity contribution in [2.24, 2.45) is 0 Å². The summed E-state index contributed by atoms with van der Waals surface area (Å²) in [5.41, 5.74) is 0. The van der Waals surface area contributed by atoms with Gasteiger partial charge >= 0.3 is 16.1 Å². The largest absolute Gasteiger partial charge is 0.477 e. The van der Waals surface area contributed by atoms with Crippen molar-refractivity contribution in [2.75, 3.05) is 0 Å². The van der Waals surface area contributed by atoms with Gasteiger partial charge in [0.15, 0.2) is 4.91 Å². The van der Waals surface area contributed by atoms with E-state index >= 15 is 0 Å². The Morgan fingerprint density at radius 1 is 1.50 bits per heavy atom. The van der Waals surface area contributed by atoms with Gasteiger partial charge in [0.05, 0.1) is 0 Å². The maximum Gasteiger partial charge on any atom is 0.349 e. The van der Waals surface area contributed by atoms with Crippen LogP contribution < -0.4 is 0 Å². The van der Waals surface area contributed by atoms with E-state index < -0.39 is 21.0 Å². The van der Waals surface area contributed by atoms with Crippen LogP contribution >= 0.6 is 0 Å². The average Bonchev–Trinajstić information content (AvgIpc) is 1.60. The minimum atomic E-state index is -4.55. The van der Waals surface area contributed by atoms with Gasteiger partial charge in [-0.25, -0.2) is 4.79 Å². The van der Waals surface area contributed by atoms with Gasteiger partial charge in [-0.1, -0.05) is 6.08 Å². The normalized spacial score (nSPS) is 13.2. The highest BCUT2D eigenvalue weighted by molar-refractivity contribution is 7.90. The molecule has 6 heteroatoms. The van der Waals surface area contributed by atoms with E-state index in [-0.39, 0.29) is 0 Å². The zero-order chi connectivity index (χ0) is 8.36. The molecule has 5 nitrogen and oxygen atoms in total. The molecule has 0 aromatic heterocycles. The number of carboxylic acid groups (broad SMARTS) is 1. The topological polar surface area (TPSA) is 91.7 Å². The van der Waals surface area contributed by atoms with Gasteiger partial charge in [0.25, 0.3) is 0 Å². The first-order valence-corrected chi connectivity index (χ1v) is 3.70. The van der Waals surface area contributed by atoms with Crippen LogP contribution in [0.3, 0.4) is 0 Å². The molecule has 0 saturated heterocycles. The fourth-order valence-corrected chi connectivity index (χ4v) is 0.901. The third kappa shape index (κ3) is 2.16. The van der Waals surface area contributed by atoms with Gasteiger partial charge in [-0.05, 0) is 6.92 Å². The predicted molar refractivity (Wildman–Crippen MR) is 32.9 cm³/mol. The van der Waals surface area contributed by atoms with E-state index in [9.17, 15) is 13.2 Å². The molecule has 0 aliphatic carbocycles. The van der Waals surface area contributed by atoms with E-state index in [2.05, 4.69) is 0 Å². The van der Waals surface area contributed by atoms with E-state index in [0.29, 0.717) is 0 Å². The summed E-state index contributed by atoms with van der Waals surface area (Å²) in [6, 6.07) is 0. The van der Waals surface area contributed by atoms with E-state index in [1.54, 1.807) is 0 Å². The summed E-state index contributed by atoms with van der Waals surface area (Å²) >= 11 is 0. The van der Waals surface area contributed by atoms with Crippen molar-refractivity contribution in [3.8, 4) is 0 Å². The molecule has 0 aromatic rings. The van der Waals surface area contributed by atoms with Crippen molar-refractivity contribution >= 4 is 16.1 Å². The maximum absolute atomic E-state index is 10.1. The predicted octanol–water partition coefficient (Wildman–Crippen LogP) is -0.137. The maximum atomic E-state index is 10.1. The zero-order valence-electron chi connectivity index (χ0n) is 5.10. The first-order valence-electron chi connectivity index (χ1n) is 2.26. The van der Waals surface area contributed by atoms with Crippen molar-refractivity contribution in [3.05, 3.63) is 11.0 Å². The summed E-state index contributed by atoms with van der Waals surface area (Å²) in [5.74, 6) is -1.66. The lowest BCUT2D eigenvalue weighted by Crippen LogP contribution is -2.11. The zero-order valence-corrected chi connectivity index (χ0v) is 5.92. The monoisotopic (exact) mass is 166 g/mol. The molecule has 0 amide bonds. The Balaban J connectivity index is 4.95. The van der Waals surface area contributed by atoms with Gasteiger partial charge in [0.2, 0.25) is 0 Å². The van der Waals surface area contributed by atoms with Crippen LogP contribution in [0.5, 0.6) is 0 Å². The first kappa shape index (κ1) is 9.12. The summed E-state index contributed by atoms with van der Waals surface area (Å²) in [7, 11) is -4.55. The molecule has 0 aromatic carbocycles. The molecule has 0 aliphatic heterocycles. The quantitative estimate of drug-likeness (QED) is 0.440. The molecule has 0 heterocycles. The van der Waals surface area contributed by atoms with E-state index in [1.807, 2.05) is 0 Å². The summed E-state index contributed by atoms with van der Waals surface area (Å²) in [6.45, 7) is 1.21. The second-order valence-electron chi connectivity index (χ2n) is 1.43. The van der Waals surface area contributed by atoms with Crippen molar-refractivity contribution in [1.29, 1.82) is 0 Å². The van der Waals surface area contributed by atoms with Crippen LogP contribution in [-0.2, 0) is 14.9 Å². The lowest BCUT2D eigenvalue weighted by molar-refractivity contribution is -0.131. The molecule has 2 N–H and O–H groups in total. The second kappa shape index (κ2) is 2.80. The highest BCUT2D eigenvalue weighted by Crippen LogP contribution is 2.02. The van der Waals surface area contributed by atoms with Crippen molar-refractivity contribution in [3.63, 3.8) is 0 Å². The Morgan fingerprint density at radius 2 is 1.90 bits per heavy atom. The fraction of sp³-hybridized carbons (Fsp3) is 0.250. The number of carbonyl (C=O) groups is 1. The SMILES string of the molecule is C/C=C(/C(=O)O)S(=O)(=O)O. The van der Waals surface area contributed by atoms with Crippen molar-refractivity contribution < 1.29 is 22.9 Å². The Kier molecular flexibility index (Phi) is 2.56. The number of hydrogen-bond acceptors (Lipinski definition) is 3. The fourth-order valence-electron chi connectivity index (χ4n) is 0.383. The molecule has 0 spiro atoms. The number of rotatable bonds is 2. The van der Waals surface area contributed by atoms with Crippen LogP contribution in [0.2, 0.25) is 0 Å². The van der Waals surface area contributed by atoms with Gasteiger partial charge in [-0.2, -0.15) is 8.42 Å². The highest BCUT2D eigenvalue weighted by Gasteiger charge is 2.19. The minimum Gasteiger partial charge on any atom is -0.477 e. The van der Waals surface area contributed by atoms with Crippen LogP contribution in [0, 0.1) is 0 Å². The smallest absolute Gasteiger partial charge is 0.349 e. The third-order valence-electron chi connectivity index (χ3n) is 0.751. The third-order valence-corrected chi connectivity index (χ3v) is 1.72. The van der Waals surface area contributed by atoms with Gasteiger partial charge in [-0.3, -0.25) is 4.55 Å². The summed E-state index contributed by atoms with van der Waals surface area (Å²) in [4.78, 5) is 8.96. The molecule has 10 heavy (non-hydrogen) atoms. The lowest BCUT2D eigenvalue weighted by atomic mass is 10.5. The molecular weight excluding hydrogens is 160 g/mol. The minimum absolute atomic E-state index is 0.803. The van der Waals surface area contributed by atoms with E-state index in [1.165, 1.54) is 6.92 Å². The molecule has 0 radical (unpaired) electrons. The number of carboxylic acids is 1.